The van der Waals surface area contributed by atoms with E-state index in [1.807, 2.05) is 26.8 Å². The van der Waals surface area contributed by atoms with Crippen molar-refractivity contribution in [2.75, 3.05) is 0 Å². The quantitative estimate of drug-likeness (QED) is 0.868. The molecule has 0 saturated carbocycles. The molecule has 25 heavy (non-hydrogen) atoms. The van der Waals surface area contributed by atoms with Crippen LogP contribution < -0.4 is 5.23 Å². The van der Waals surface area contributed by atoms with E-state index in [1.54, 1.807) is 24.3 Å². The maximum Gasteiger partial charge on any atom is 0.594 e. The van der Waals surface area contributed by atoms with Crippen molar-refractivity contribution in [2.45, 2.75) is 38.4 Å². The minimum Gasteiger partial charge on any atom is -0.384 e. The molecular formula is C18H20BFN2O3. The third-order valence-corrected chi connectivity index (χ3v) is 4.62. The number of amides is 1. The summed E-state index contributed by atoms with van der Waals surface area (Å²) in [6, 6.07) is 11.5. The molecule has 1 saturated heterocycles. The van der Waals surface area contributed by atoms with Crippen LogP contribution in [0.5, 0.6) is 0 Å². The highest BCUT2D eigenvalue weighted by molar-refractivity contribution is 6.47. The molecule has 2 heterocycles. The fraction of sp³-hybridized carbons (Fsp3) is 0.333. The summed E-state index contributed by atoms with van der Waals surface area (Å²) in [6.45, 7) is 5.62. The zero-order chi connectivity index (χ0) is 18.1. The van der Waals surface area contributed by atoms with Crippen molar-refractivity contribution in [3.8, 4) is 0 Å². The molecule has 1 aromatic carbocycles. The summed E-state index contributed by atoms with van der Waals surface area (Å²) in [6.07, 6.45) is 1.78. The summed E-state index contributed by atoms with van der Waals surface area (Å²) < 4.78 is 25.3. The largest absolute Gasteiger partial charge is 0.594 e. The first-order valence-electron chi connectivity index (χ1n) is 8.11. The van der Waals surface area contributed by atoms with Gasteiger partial charge in [0.25, 0.3) is 0 Å². The van der Waals surface area contributed by atoms with Gasteiger partial charge in [-0.2, -0.15) is 0 Å². The van der Waals surface area contributed by atoms with Crippen LogP contribution in [0, 0.1) is 5.82 Å². The van der Waals surface area contributed by atoms with Crippen molar-refractivity contribution in [3.05, 3.63) is 65.7 Å². The van der Waals surface area contributed by atoms with E-state index in [9.17, 15) is 9.18 Å². The fourth-order valence-electron chi connectivity index (χ4n) is 2.78. The average Bonchev–Trinajstić information content (AvgIpc) is 2.76. The summed E-state index contributed by atoms with van der Waals surface area (Å²) in [5.74, 6) is -0.631. The van der Waals surface area contributed by atoms with Crippen molar-refractivity contribution < 1.29 is 18.5 Å². The third-order valence-electron chi connectivity index (χ3n) is 4.62. The zero-order valence-electron chi connectivity index (χ0n) is 14.5. The van der Waals surface area contributed by atoms with Gasteiger partial charge in [0.1, 0.15) is 5.82 Å². The van der Waals surface area contributed by atoms with Gasteiger partial charge in [0.05, 0.1) is 11.2 Å². The third kappa shape index (κ3) is 3.72. The highest BCUT2D eigenvalue weighted by atomic mass is 19.1. The molecule has 0 spiro atoms. The Kier molecular flexibility index (Phi) is 4.62. The van der Waals surface area contributed by atoms with Crippen molar-refractivity contribution in [1.82, 2.24) is 10.2 Å². The molecule has 0 radical (unpaired) electrons. The molecule has 1 aliphatic rings. The Hall–Kier alpha value is -2.25. The Morgan fingerprint density at radius 1 is 1.20 bits per heavy atom. The number of halogens is 1. The second-order valence-electron chi connectivity index (χ2n) is 6.79. The van der Waals surface area contributed by atoms with Gasteiger partial charge < -0.3 is 14.5 Å². The summed E-state index contributed by atoms with van der Waals surface area (Å²) in [4.78, 5) is 16.5. The minimum absolute atomic E-state index is 0.283. The molecule has 1 unspecified atom stereocenters. The number of hydrogen-bond acceptors (Lipinski definition) is 4. The molecular weight excluding hydrogens is 322 g/mol. The molecule has 3 rings (SSSR count). The molecule has 130 valence electrons. The molecule has 0 bridgehead atoms. The lowest BCUT2D eigenvalue weighted by atomic mass is 9.84. The average molecular weight is 342 g/mol. The van der Waals surface area contributed by atoms with Crippen LogP contribution in [0.3, 0.4) is 0 Å². The Labute approximate surface area is 146 Å². The number of aromatic nitrogens is 1. The van der Waals surface area contributed by atoms with E-state index in [4.69, 9.17) is 9.31 Å². The SMILES string of the molecule is CC1(C)OB(NC(=O)c2ccccc2)OC1(C)Cc1cc(F)ccn1. The van der Waals surface area contributed by atoms with Gasteiger partial charge in [0, 0.05) is 23.9 Å². The van der Waals surface area contributed by atoms with Crippen molar-refractivity contribution >= 4 is 13.2 Å². The van der Waals surface area contributed by atoms with E-state index in [0.29, 0.717) is 17.7 Å². The zero-order valence-corrected chi connectivity index (χ0v) is 14.5. The highest BCUT2D eigenvalue weighted by Crippen LogP contribution is 2.38. The Morgan fingerprint density at radius 2 is 1.92 bits per heavy atom. The lowest BCUT2D eigenvalue weighted by molar-refractivity contribution is -0.00949. The number of carbonyl (C=O) groups is 1. The van der Waals surface area contributed by atoms with E-state index >= 15 is 0 Å². The molecule has 1 amide bonds. The van der Waals surface area contributed by atoms with Crippen molar-refractivity contribution in [2.24, 2.45) is 0 Å². The Morgan fingerprint density at radius 3 is 2.60 bits per heavy atom. The molecule has 1 aliphatic heterocycles. The Bertz CT molecular complexity index is 772. The minimum atomic E-state index is -0.888. The fourth-order valence-corrected chi connectivity index (χ4v) is 2.78. The number of rotatable bonds is 4. The normalized spacial score (nSPS) is 22.0. The van der Waals surface area contributed by atoms with Gasteiger partial charge in [0.2, 0.25) is 5.91 Å². The van der Waals surface area contributed by atoms with E-state index in [2.05, 4.69) is 10.2 Å². The van der Waals surface area contributed by atoms with Gasteiger partial charge in [-0.1, -0.05) is 18.2 Å². The summed E-state index contributed by atoms with van der Waals surface area (Å²) >= 11 is 0. The topological polar surface area (TPSA) is 60.5 Å². The van der Waals surface area contributed by atoms with Crippen LogP contribution in [0.25, 0.3) is 0 Å². The van der Waals surface area contributed by atoms with Crippen LogP contribution in [0.1, 0.15) is 36.8 Å². The first-order chi connectivity index (χ1) is 11.8. The number of hydrogen-bond donors (Lipinski definition) is 1. The Balaban J connectivity index is 1.73. The van der Waals surface area contributed by atoms with E-state index in [-0.39, 0.29) is 11.7 Å². The molecule has 7 heteroatoms. The smallest absolute Gasteiger partial charge is 0.384 e. The van der Waals surface area contributed by atoms with Gasteiger partial charge >= 0.3 is 7.25 Å². The van der Waals surface area contributed by atoms with Gasteiger partial charge in [-0.3, -0.25) is 9.78 Å². The molecule has 0 aliphatic carbocycles. The van der Waals surface area contributed by atoms with Crippen molar-refractivity contribution in [3.63, 3.8) is 0 Å². The van der Waals surface area contributed by atoms with Crippen LogP contribution in [-0.2, 0) is 15.7 Å². The predicted octanol–water partition coefficient (Wildman–Crippen LogP) is 2.76. The summed E-state index contributed by atoms with van der Waals surface area (Å²) in [7, 11) is -0.888. The number of nitrogens with zero attached hydrogens (tertiary/aromatic N) is 1. The highest BCUT2D eigenvalue weighted by Gasteiger charge is 2.55. The van der Waals surface area contributed by atoms with Crippen LogP contribution in [0.15, 0.2) is 48.7 Å². The number of nitrogens with one attached hydrogen (secondary N) is 1. The number of pyridine rings is 1. The standard InChI is InChI=1S/C18H20BFN2O3/c1-17(2)18(3,12-15-11-14(20)9-10-21-15)25-19(24-17)22-16(23)13-7-5-4-6-8-13/h4-11H,12H2,1-3H3,(H,22,23). The maximum atomic E-state index is 13.4. The molecule has 1 atom stereocenters. The van der Waals surface area contributed by atoms with Gasteiger partial charge in [-0.25, -0.2) is 4.39 Å². The van der Waals surface area contributed by atoms with E-state index in [1.165, 1.54) is 18.3 Å². The van der Waals surface area contributed by atoms with Crippen LogP contribution in [0.2, 0.25) is 0 Å². The molecule has 2 aromatic rings. The lowest BCUT2D eigenvalue weighted by Gasteiger charge is -2.35. The number of benzene rings is 1. The van der Waals surface area contributed by atoms with Gasteiger partial charge in [-0.05, 0) is 45.0 Å². The van der Waals surface area contributed by atoms with Crippen LogP contribution in [-0.4, -0.2) is 29.3 Å². The molecule has 1 aromatic heterocycles. The molecule has 1 fully saturated rings. The first kappa shape index (κ1) is 17.6. The first-order valence-corrected chi connectivity index (χ1v) is 8.11. The van der Waals surface area contributed by atoms with Gasteiger partial charge in [0.15, 0.2) is 0 Å². The summed E-state index contributed by atoms with van der Waals surface area (Å²) in [5.41, 5.74) is -0.389. The lowest BCUT2D eigenvalue weighted by Crippen LogP contribution is -2.46. The van der Waals surface area contributed by atoms with Crippen LogP contribution in [0.4, 0.5) is 4.39 Å². The van der Waals surface area contributed by atoms with Crippen LogP contribution >= 0.6 is 0 Å². The predicted molar refractivity (Wildman–Crippen MR) is 92.2 cm³/mol. The van der Waals surface area contributed by atoms with Crippen molar-refractivity contribution in [1.29, 1.82) is 0 Å². The second-order valence-corrected chi connectivity index (χ2v) is 6.79. The van der Waals surface area contributed by atoms with E-state index < -0.39 is 18.5 Å². The molecule has 5 nitrogen and oxygen atoms in total. The summed E-state index contributed by atoms with van der Waals surface area (Å²) in [5, 5.41) is 2.73. The van der Waals surface area contributed by atoms with E-state index in [0.717, 1.165) is 0 Å². The second kappa shape index (κ2) is 6.57. The molecule has 1 N–H and O–H groups in total. The number of carbonyl (C=O) groups excluding carboxylic acids is 1. The maximum absolute atomic E-state index is 13.4. The van der Waals surface area contributed by atoms with Gasteiger partial charge in [-0.15, -0.1) is 0 Å². The monoisotopic (exact) mass is 342 g/mol.